The summed E-state index contributed by atoms with van der Waals surface area (Å²) in [5, 5.41) is 9.77. The van der Waals surface area contributed by atoms with Crippen LogP contribution in [0.3, 0.4) is 0 Å². The van der Waals surface area contributed by atoms with Crippen LogP contribution in [0.5, 0.6) is 0 Å². The van der Waals surface area contributed by atoms with Crippen molar-refractivity contribution in [3.63, 3.8) is 0 Å². The first-order valence-electron chi connectivity index (χ1n) is 11.5. The summed E-state index contributed by atoms with van der Waals surface area (Å²) in [7, 11) is 0. The zero-order valence-electron chi connectivity index (χ0n) is 19.1. The molecule has 0 aromatic heterocycles. The Balaban J connectivity index is 2.26. The van der Waals surface area contributed by atoms with Crippen LogP contribution in [0.25, 0.3) is 0 Å². The Hall–Kier alpha value is -0.860. The average Bonchev–Trinajstić information content (AvgIpc) is 2.67. The molecule has 1 N–H and O–H groups in total. The number of ether oxygens (including phenoxy) is 1. The molecule has 0 bridgehead atoms. The first-order valence-corrected chi connectivity index (χ1v) is 11.5. The molecule has 1 aliphatic rings. The van der Waals surface area contributed by atoms with Gasteiger partial charge >= 0.3 is 0 Å². The smallest absolute Gasteiger partial charge is 0.0855 e. The largest absolute Gasteiger partial charge is 0.394 e. The molecule has 1 rings (SSSR count). The second-order valence-electron chi connectivity index (χ2n) is 8.98. The Bertz CT molecular complexity index is 491. The molecule has 0 radical (unpaired) electrons. The molecule has 0 aliphatic heterocycles. The van der Waals surface area contributed by atoms with Crippen molar-refractivity contribution in [2.75, 3.05) is 6.61 Å². The third kappa shape index (κ3) is 9.56. The highest BCUT2D eigenvalue weighted by Gasteiger charge is 2.29. The van der Waals surface area contributed by atoms with Crippen LogP contribution in [-0.4, -0.2) is 23.9 Å². The summed E-state index contributed by atoms with van der Waals surface area (Å²) in [6, 6.07) is 0. The van der Waals surface area contributed by atoms with Gasteiger partial charge in [-0.05, 0) is 49.5 Å². The van der Waals surface area contributed by atoms with Crippen molar-refractivity contribution in [1.82, 2.24) is 0 Å². The molecule has 0 saturated heterocycles. The molecule has 0 amide bonds. The molecule has 5 unspecified atom stereocenters. The van der Waals surface area contributed by atoms with Gasteiger partial charge in [-0.15, -0.1) is 0 Å². The molecule has 2 nitrogen and oxygen atoms in total. The van der Waals surface area contributed by atoms with Crippen molar-refractivity contribution in [1.29, 1.82) is 0 Å². The number of unbranched alkanes of at least 4 members (excludes halogenated alkanes) is 2. The van der Waals surface area contributed by atoms with Gasteiger partial charge in [0.2, 0.25) is 0 Å². The van der Waals surface area contributed by atoms with Crippen molar-refractivity contribution in [3.8, 4) is 0 Å². The van der Waals surface area contributed by atoms with E-state index in [2.05, 4.69) is 65.8 Å². The van der Waals surface area contributed by atoms with Gasteiger partial charge in [0, 0.05) is 0 Å². The Morgan fingerprint density at radius 1 is 1.29 bits per heavy atom. The molecular weight excluding hydrogens is 344 g/mol. The minimum atomic E-state index is -0.0735. The quantitative estimate of drug-likeness (QED) is 0.196. The molecule has 0 heterocycles. The number of allylic oxidation sites excluding steroid dienone is 3. The van der Waals surface area contributed by atoms with Crippen LogP contribution >= 0.6 is 0 Å². The first-order chi connectivity index (χ1) is 13.4. The van der Waals surface area contributed by atoms with E-state index >= 15 is 0 Å². The fraction of sp³-hybridized carbons (Fsp3) is 0.731. The normalized spacial score (nSPS) is 25.1. The Labute approximate surface area is 175 Å². The van der Waals surface area contributed by atoms with Crippen LogP contribution in [0.2, 0.25) is 0 Å². The van der Waals surface area contributed by atoms with Crippen LogP contribution in [-0.2, 0) is 4.74 Å². The molecule has 0 aromatic carbocycles. The highest BCUT2D eigenvalue weighted by molar-refractivity contribution is 5.25. The molecule has 5 atom stereocenters. The van der Waals surface area contributed by atoms with Crippen LogP contribution in [0.1, 0.15) is 86.0 Å². The molecule has 0 fully saturated rings. The third-order valence-corrected chi connectivity index (χ3v) is 6.27. The summed E-state index contributed by atoms with van der Waals surface area (Å²) in [6.07, 6.45) is 18.3. The van der Waals surface area contributed by atoms with E-state index in [0.29, 0.717) is 11.8 Å². The molecule has 0 spiro atoms. The second-order valence-corrected chi connectivity index (χ2v) is 8.98. The highest BCUT2D eigenvalue weighted by Crippen LogP contribution is 2.31. The topological polar surface area (TPSA) is 29.5 Å². The van der Waals surface area contributed by atoms with Gasteiger partial charge in [0.25, 0.3) is 0 Å². The zero-order chi connectivity index (χ0) is 20.9. The Morgan fingerprint density at radius 2 is 2.00 bits per heavy atom. The number of rotatable bonds is 14. The maximum Gasteiger partial charge on any atom is 0.0855 e. The van der Waals surface area contributed by atoms with E-state index < -0.39 is 0 Å². The minimum absolute atomic E-state index is 0.0367. The lowest BCUT2D eigenvalue weighted by Gasteiger charge is -2.34. The van der Waals surface area contributed by atoms with Crippen molar-refractivity contribution in [3.05, 3.63) is 42.4 Å². The molecular formula is C26H45O2-. The van der Waals surface area contributed by atoms with Crippen LogP contribution in [0, 0.1) is 24.2 Å². The Morgan fingerprint density at radius 3 is 2.68 bits per heavy atom. The monoisotopic (exact) mass is 389 g/mol. The summed E-state index contributed by atoms with van der Waals surface area (Å²) in [5.74, 6) is 1.65. The van der Waals surface area contributed by atoms with E-state index in [4.69, 9.17) is 4.74 Å². The lowest BCUT2D eigenvalue weighted by atomic mass is 9.82. The van der Waals surface area contributed by atoms with Gasteiger partial charge in [-0.25, -0.2) is 0 Å². The summed E-state index contributed by atoms with van der Waals surface area (Å²) < 4.78 is 6.27. The number of hydrogen-bond acceptors (Lipinski definition) is 2. The number of hydrogen-bond donors (Lipinski definition) is 1. The minimum Gasteiger partial charge on any atom is -0.394 e. The maximum absolute atomic E-state index is 9.77. The number of aliphatic hydroxyl groups is 1. The van der Waals surface area contributed by atoms with E-state index in [-0.39, 0.29) is 18.8 Å². The van der Waals surface area contributed by atoms with Crippen molar-refractivity contribution < 1.29 is 9.84 Å². The SMILES string of the molecule is C=C1C=CC(C)C(C)C1OC(CO)CCCC(C)CCC/C(C)=C/CC[CH-]C. The predicted molar refractivity (Wildman–Crippen MR) is 122 cm³/mol. The fourth-order valence-electron chi connectivity index (χ4n) is 3.95. The summed E-state index contributed by atoms with van der Waals surface area (Å²) in [6.45, 7) is 15.4. The highest BCUT2D eigenvalue weighted by atomic mass is 16.5. The van der Waals surface area contributed by atoms with E-state index in [1.807, 2.05) is 0 Å². The van der Waals surface area contributed by atoms with E-state index in [1.54, 1.807) is 0 Å². The van der Waals surface area contributed by atoms with Gasteiger partial charge in [0.15, 0.2) is 0 Å². The Kier molecular flexibility index (Phi) is 12.7. The predicted octanol–water partition coefficient (Wildman–Crippen LogP) is 7.06. The van der Waals surface area contributed by atoms with Gasteiger partial charge in [0.05, 0.1) is 18.8 Å². The number of aliphatic hydroxyl groups excluding tert-OH is 1. The lowest BCUT2D eigenvalue weighted by molar-refractivity contribution is -0.0544. The molecule has 2 heteroatoms. The van der Waals surface area contributed by atoms with Crippen LogP contribution < -0.4 is 0 Å². The summed E-state index contributed by atoms with van der Waals surface area (Å²) in [4.78, 5) is 0. The van der Waals surface area contributed by atoms with Gasteiger partial charge in [0.1, 0.15) is 0 Å². The van der Waals surface area contributed by atoms with Crippen LogP contribution in [0.15, 0.2) is 36.0 Å². The standard InChI is InChI=1S/C26H45O2/c1-7-8-9-12-20(2)13-10-14-21(3)15-11-16-25(19-27)28-26-23(5)18-17-22(4)24(26)6/h7,12,17-18,21-22,24-27H,5,8-11,13-16,19H2,1-4,6H3/q-1/b20-12+. The molecule has 1 aliphatic carbocycles. The molecule has 0 aromatic rings. The van der Waals surface area contributed by atoms with E-state index in [1.165, 1.54) is 44.1 Å². The van der Waals surface area contributed by atoms with Gasteiger partial charge < -0.3 is 16.3 Å². The fourth-order valence-corrected chi connectivity index (χ4v) is 3.95. The second kappa shape index (κ2) is 14.2. The summed E-state index contributed by atoms with van der Waals surface area (Å²) >= 11 is 0. The molecule has 162 valence electrons. The van der Waals surface area contributed by atoms with Crippen molar-refractivity contribution >= 4 is 0 Å². The average molecular weight is 390 g/mol. The van der Waals surface area contributed by atoms with Gasteiger partial charge in [-0.3, -0.25) is 0 Å². The molecule has 0 saturated carbocycles. The van der Waals surface area contributed by atoms with Crippen molar-refractivity contribution in [2.24, 2.45) is 17.8 Å². The lowest BCUT2D eigenvalue weighted by Crippen LogP contribution is -2.35. The summed E-state index contributed by atoms with van der Waals surface area (Å²) in [5.41, 5.74) is 2.57. The zero-order valence-corrected chi connectivity index (χ0v) is 19.1. The molecule has 28 heavy (non-hydrogen) atoms. The first kappa shape index (κ1) is 25.2. The van der Waals surface area contributed by atoms with Crippen LogP contribution in [0.4, 0.5) is 0 Å². The van der Waals surface area contributed by atoms with E-state index in [9.17, 15) is 5.11 Å². The maximum atomic E-state index is 9.77. The van der Waals surface area contributed by atoms with Crippen molar-refractivity contribution in [2.45, 2.75) is 98.2 Å². The van der Waals surface area contributed by atoms with Gasteiger partial charge in [-0.2, -0.15) is 13.3 Å². The van der Waals surface area contributed by atoms with E-state index in [0.717, 1.165) is 24.3 Å². The third-order valence-electron chi connectivity index (χ3n) is 6.27. The van der Waals surface area contributed by atoms with Gasteiger partial charge in [-0.1, -0.05) is 76.8 Å².